The van der Waals surface area contributed by atoms with E-state index in [0.717, 1.165) is 13.1 Å². The Balaban J connectivity index is 2.27. The summed E-state index contributed by atoms with van der Waals surface area (Å²) in [7, 11) is 0. The summed E-state index contributed by atoms with van der Waals surface area (Å²) in [6.45, 7) is 10.5. The van der Waals surface area contributed by atoms with Crippen molar-refractivity contribution in [2.45, 2.75) is 40.2 Å². The predicted molar refractivity (Wildman–Crippen MR) is 98.4 cm³/mol. The summed E-state index contributed by atoms with van der Waals surface area (Å²) >= 11 is 0. The highest BCUT2D eigenvalue weighted by Crippen LogP contribution is 2.18. The molecule has 0 unspecified atom stereocenters. The highest BCUT2D eigenvalue weighted by atomic mass is 16.2. The van der Waals surface area contributed by atoms with E-state index < -0.39 is 0 Å². The maximum atomic E-state index is 11.7. The van der Waals surface area contributed by atoms with Gasteiger partial charge in [-0.2, -0.15) is 0 Å². The van der Waals surface area contributed by atoms with Crippen molar-refractivity contribution in [2.75, 3.05) is 31.1 Å². The number of para-hydroxylation sites is 1. The largest absolute Gasteiger partial charge is 0.370 e. The number of rotatable bonds is 9. The first-order valence-electron chi connectivity index (χ1n) is 8.55. The van der Waals surface area contributed by atoms with Crippen molar-refractivity contribution in [1.29, 1.82) is 0 Å². The molecule has 0 saturated carbocycles. The van der Waals surface area contributed by atoms with Crippen LogP contribution in [-0.4, -0.2) is 44.2 Å². The fourth-order valence-electron chi connectivity index (χ4n) is 2.42. The zero-order valence-corrected chi connectivity index (χ0v) is 15.2. The molecule has 3 N–H and O–H groups in total. The van der Waals surface area contributed by atoms with Gasteiger partial charge in [-0.05, 0) is 39.3 Å². The maximum Gasteiger partial charge on any atom is 0.314 e. The van der Waals surface area contributed by atoms with Gasteiger partial charge in [0.05, 0.1) is 0 Å². The number of amides is 3. The van der Waals surface area contributed by atoms with Crippen molar-refractivity contribution in [1.82, 2.24) is 16.0 Å². The smallest absolute Gasteiger partial charge is 0.314 e. The van der Waals surface area contributed by atoms with Gasteiger partial charge >= 0.3 is 6.03 Å². The van der Waals surface area contributed by atoms with Crippen LogP contribution in [0.1, 0.15) is 32.8 Å². The van der Waals surface area contributed by atoms with Gasteiger partial charge in [-0.15, -0.1) is 0 Å². The molecule has 0 aliphatic carbocycles. The Bertz CT molecular complexity index is 532. The van der Waals surface area contributed by atoms with E-state index >= 15 is 0 Å². The lowest BCUT2D eigenvalue weighted by atomic mass is 10.2. The molecule has 0 aliphatic heterocycles. The van der Waals surface area contributed by atoms with Gasteiger partial charge in [0.15, 0.2) is 0 Å². The van der Waals surface area contributed by atoms with Crippen molar-refractivity contribution in [3.05, 3.63) is 29.8 Å². The van der Waals surface area contributed by atoms with Crippen LogP contribution in [0.3, 0.4) is 0 Å². The van der Waals surface area contributed by atoms with Gasteiger partial charge in [0, 0.05) is 44.3 Å². The molecule has 0 bridgehead atoms. The molecule has 1 rings (SSSR count). The Morgan fingerprint density at radius 2 is 1.79 bits per heavy atom. The molecule has 0 atom stereocenters. The second-order valence-electron chi connectivity index (χ2n) is 6.02. The Kier molecular flexibility index (Phi) is 8.68. The molecule has 1 aromatic rings. The van der Waals surface area contributed by atoms with Gasteiger partial charge in [0.1, 0.15) is 0 Å². The van der Waals surface area contributed by atoms with Crippen LogP contribution in [0, 0.1) is 6.92 Å². The highest BCUT2D eigenvalue weighted by Gasteiger charge is 2.08. The normalized spacial score (nSPS) is 10.4. The highest BCUT2D eigenvalue weighted by molar-refractivity contribution is 5.78. The molecule has 3 amide bonds. The fraction of sp³-hybridized carbons (Fsp3) is 0.556. The van der Waals surface area contributed by atoms with Gasteiger partial charge in [-0.3, -0.25) is 4.79 Å². The molecule has 24 heavy (non-hydrogen) atoms. The van der Waals surface area contributed by atoms with Crippen LogP contribution < -0.4 is 20.9 Å². The molecule has 6 nitrogen and oxygen atoms in total. The van der Waals surface area contributed by atoms with Gasteiger partial charge < -0.3 is 20.9 Å². The van der Waals surface area contributed by atoms with Gasteiger partial charge in [0.2, 0.25) is 5.91 Å². The number of benzene rings is 1. The topological polar surface area (TPSA) is 73.5 Å². The quantitative estimate of drug-likeness (QED) is 0.647. The first-order chi connectivity index (χ1) is 11.4. The van der Waals surface area contributed by atoms with Crippen LogP contribution >= 0.6 is 0 Å². The van der Waals surface area contributed by atoms with E-state index in [0.29, 0.717) is 13.1 Å². The third-order valence-electron chi connectivity index (χ3n) is 3.59. The minimum absolute atomic E-state index is 0.0537. The Morgan fingerprint density at radius 1 is 1.12 bits per heavy atom. The first kappa shape index (κ1) is 19.8. The third-order valence-corrected chi connectivity index (χ3v) is 3.59. The van der Waals surface area contributed by atoms with Gasteiger partial charge in [-0.1, -0.05) is 18.2 Å². The van der Waals surface area contributed by atoms with E-state index in [9.17, 15) is 9.59 Å². The molecule has 134 valence electrons. The SMILES string of the molecule is CCN(CCNC(=O)NCCC(=O)NC(C)C)c1ccccc1C. The number of carbonyl (C=O) groups excluding carboxylic acids is 2. The summed E-state index contributed by atoms with van der Waals surface area (Å²) in [5, 5.41) is 8.32. The van der Waals surface area contributed by atoms with Crippen LogP contribution in [0.4, 0.5) is 10.5 Å². The van der Waals surface area contributed by atoms with E-state index in [2.05, 4.69) is 46.8 Å². The number of aryl methyl sites for hydroxylation is 1. The maximum absolute atomic E-state index is 11.7. The Morgan fingerprint density at radius 3 is 2.42 bits per heavy atom. The van der Waals surface area contributed by atoms with E-state index in [4.69, 9.17) is 0 Å². The van der Waals surface area contributed by atoms with E-state index in [1.165, 1.54) is 11.3 Å². The molecule has 0 fully saturated rings. The van der Waals surface area contributed by atoms with Gasteiger partial charge in [-0.25, -0.2) is 4.79 Å². The van der Waals surface area contributed by atoms with Crippen LogP contribution in [-0.2, 0) is 4.79 Å². The summed E-state index contributed by atoms with van der Waals surface area (Å²) in [6, 6.07) is 8.09. The van der Waals surface area contributed by atoms with Crippen molar-refractivity contribution in [2.24, 2.45) is 0 Å². The minimum Gasteiger partial charge on any atom is -0.370 e. The van der Waals surface area contributed by atoms with Crippen molar-refractivity contribution in [3.63, 3.8) is 0 Å². The van der Waals surface area contributed by atoms with Crippen LogP contribution in [0.5, 0.6) is 0 Å². The van der Waals surface area contributed by atoms with E-state index in [1.807, 2.05) is 26.0 Å². The van der Waals surface area contributed by atoms with Crippen LogP contribution in [0.15, 0.2) is 24.3 Å². The minimum atomic E-state index is -0.242. The summed E-state index contributed by atoms with van der Waals surface area (Å²) in [5.74, 6) is -0.0537. The second-order valence-corrected chi connectivity index (χ2v) is 6.02. The Labute approximate surface area is 145 Å². The monoisotopic (exact) mass is 334 g/mol. The number of nitrogens with one attached hydrogen (secondary N) is 3. The lowest BCUT2D eigenvalue weighted by molar-refractivity contribution is -0.121. The van der Waals surface area contributed by atoms with E-state index in [1.54, 1.807) is 0 Å². The second kappa shape index (κ2) is 10.5. The molecule has 0 radical (unpaired) electrons. The standard InChI is InChI=1S/C18H30N4O2/c1-5-22(16-9-7-6-8-15(16)4)13-12-20-18(24)19-11-10-17(23)21-14(2)3/h6-9,14H,5,10-13H2,1-4H3,(H,21,23)(H2,19,20,24). The molecule has 0 heterocycles. The van der Waals surface area contributed by atoms with E-state index in [-0.39, 0.29) is 24.4 Å². The number of likely N-dealkylation sites (N-methyl/N-ethyl adjacent to an activating group) is 1. The molecule has 6 heteroatoms. The molecular weight excluding hydrogens is 304 g/mol. The zero-order valence-electron chi connectivity index (χ0n) is 15.2. The summed E-state index contributed by atoms with van der Waals surface area (Å²) in [6.07, 6.45) is 0.288. The average molecular weight is 334 g/mol. The van der Waals surface area contributed by atoms with Crippen LogP contribution in [0.25, 0.3) is 0 Å². The van der Waals surface area contributed by atoms with Crippen molar-refractivity contribution < 1.29 is 9.59 Å². The summed E-state index contributed by atoms with van der Waals surface area (Å²) in [5.41, 5.74) is 2.41. The number of hydrogen-bond donors (Lipinski definition) is 3. The first-order valence-corrected chi connectivity index (χ1v) is 8.55. The molecule has 0 aromatic heterocycles. The Hall–Kier alpha value is -2.24. The molecule has 1 aromatic carbocycles. The number of urea groups is 1. The lowest BCUT2D eigenvalue weighted by Crippen LogP contribution is -2.42. The number of anilines is 1. The van der Waals surface area contributed by atoms with Crippen LogP contribution in [0.2, 0.25) is 0 Å². The van der Waals surface area contributed by atoms with Crippen molar-refractivity contribution >= 4 is 17.6 Å². The summed E-state index contributed by atoms with van der Waals surface area (Å²) in [4.78, 5) is 25.5. The third kappa shape index (κ3) is 7.35. The number of nitrogens with zero attached hydrogens (tertiary/aromatic N) is 1. The molecular formula is C18H30N4O2. The molecule has 0 saturated heterocycles. The average Bonchev–Trinajstić information content (AvgIpc) is 2.52. The summed E-state index contributed by atoms with van der Waals surface area (Å²) < 4.78 is 0. The number of carbonyl (C=O) groups is 2. The lowest BCUT2D eigenvalue weighted by Gasteiger charge is -2.25. The van der Waals surface area contributed by atoms with Gasteiger partial charge in [0.25, 0.3) is 0 Å². The van der Waals surface area contributed by atoms with Crippen molar-refractivity contribution in [3.8, 4) is 0 Å². The molecule has 0 aliphatic rings. The predicted octanol–water partition coefficient (Wildman–Crippen LogP) is 2.04. The molecule has 0 spiro atoms. The number of hydrogen-bond acceptors (Lipinski definition) is 3. The zero-order chi connectivity index (χ0) is 17.9. The fourth-order valence-corrected chi connectivity index (χ4v) is 2.42.